The maximum Gasteiger partial charge on any atom is 0.312 e. The van der Waals surface area contributed by atoms with Crippen molar-refractivity contribution in [1.29, 1.82) is 0 Å². The van der Waals surface area contributed by atoms with Crippen molar-refractivity contribution in [3.8, 4) is 0 Å². The third-order valence-corrected chi connectivity index (χ3v) is 2.23. The Hall–Kier alpha value is 0.850. The van der Waals surface area contributed by atoms with Crippen molar-refractivity contribution < 1.29 is 66.5 Å². The SMILES string of the molecule is CC(C)(C[N+](C)(C)C)OC(=O)CC[N+](C)(C)C.[I-].[I-]. The summed E-state index contributed by atoms with van der Waals surface area (Å²) in [6.07, 6.45) is 0.476. The molecule has 0 atom stereocenters. The Morgan fingerprint density at radius 3 is 1.68 bits per heavy atom. The molecule has 0 aromatic rings. The molecule has 0 fully saturated rings. The molecule has 0 unspecified atom stereocenters. The van der Waals surface area contributed by atoms with E-state index >= 15 is 0 Å². The van der Waals surface area contributed by atoms with Gasteiger partial charge in [-0.1, -0.05) is 0 Å². The fourth-order valence-corrected chi connectivity index (χ4v) is 1.96. The minimum Gasteiger partial charge on any atom is -1.00 e. The van der Waals surface area contributed by atoms with Crippen molar-refractivity contribution in [2.75, 3.05) is 55.4 Å². The van der Waals surface area contributed by atoms with E-state index in [1.54, 1.807) is 0 Å². The molecular weight excluding hydrogens is 470 g/mol. The average Bonchev–Trinajstić information content (AvgIpc) is 1.93. The highest BCUT2D eigenvalue weighted by atomic mass is 127. The summed E-state index contributed by atoms with van der Waals surface area (Å²) in [6, 6.07) is 0. The molecular formula is C13H30I2N2O2. The summed E-state index contributed by atoms with van der Waals surface area (Å²) < 4.78 is 7.11. The quantitative estimate of drug-likeness (QED) is 0.208. The van der Waals surface area contributed by atoms with Crippen LogP contribution in [0, 0.1) is 0 Å². The van der Waals surface area contributed by atoms with Crippen LogP contribution in [0.25, 0.3) is 0 Å². The molecule has 0 aliphatic heterocycles. The van der Waals surface area contributed by atoms with Gasteiger partial charge in [-0.3, -0.25) is 4.79 Å². The highest BCUT2D eigenvalue weighted by Crippen LogP contribution is 2.14. The number of rotatable bonds is 6. The summed E-state index contributed by atoms with van der Waals surface area (Å²) >= 11 is 0. The molecule has 118 valence electrons. The molecule has 0 radical (unpaired) electrons. The number of esters is 1. The summed E-state index contributed by atoms with van der Waals surface area (Å²) in [6.45, 7) is 5.56. The summed E-state index contributed by atoms with van der Waals surface area (Å²) in [4.78, 5) is 11.8. The second-order valence-electron chi connectivity index (χ2n) is 7.45. The summed E-state index contributed by atoms with van der Waals surface area (Å²) in [5.74, 6) is -0.100. The molecule has 0 amide bonds. The first-order valence-electron chi connectivity index (χ1n) is 6.14. The first-order valence-corrected chi connectivity index (χ1v) is 6.14. The zero-order chi connectivity index (χ0) is 13.9. The molecule has 19 heavy (non-hydrogen) atoms. The molecule has 0 heterocycles. The van der Waals surface area contributed by atoms with Gasteiger partial charge in [0, 0.05) is 0 Å². The van der Waals surface area contributed by atoms with Crippen molar-refractivity contribution in [2.45, 2.75) is 25.9 Å². The van der Waals surface area contributed by atoms with E-state index in [0.29, 0.717) is 6.42 Å². The monoisotopic (exact) mass is 500 g/mol. The van der Waals surface area contributed by atoms with Gasteiger partial charge in [0.1, 0.15) is 6.54 Å². The van der Waals surface area contributed by atoms with Crippen LogP contribution in [0.2, 0.25) is 0 Å². The molecule has 0 aliphatic carbocycles. The highest BCUT2D eigenvalue weighted by Gasteiger charge is 2.30. The second-order valence-corrected chi connectivity index (χ2v) is 7.45. The fraction of sp³-hybridized carbons (Fsp3) is 0.923. The van der Waals surface area contributed by atoms with E-state index in [1.807, 2.05) is 13.8 Å². The van der Waals surface area contributed by atoms with Crippen molar-refractivity contribution in [3.63, 3.8) is 0 Å². The van der Waals surface area contributed by atoms with Crippen LogP contribution in [-0.4, -0.2) is 75.9 Å². The van der Waals surface area contributed by atoms with E-state index in [9.17, 15) is 4.79 Å². The number of quaternary nitrogens is 2. The van der Waals surface area contributed by atoms with Gasteiger partial charge in [0.05, 0.1) is 55.3 Å². The molecule has 0 rings (SSSR count). The van der Waals surface area contributed by atoms with Crippen LogP contribution < -0.4 is 48.0 Å². The Bertz CT molecular complexity index is 269. The van der Waals surface area contributed by atoms with Crippen LogP contribution in [0.15, 0.2) is 0 Å². The number of ether oxygens (including phenoxy) is 1. The summed E-state index contributed by atoms with van der Waals surface area (Å²) in [5.41, 5.74) is -0.403. The molecule has 6 heteroatoms. The van der Waals surface area contributed by atoms with Gasteiger partial charge in [-0.05, 0) is 13.8 Å². The minimum atomic E-state index is -0.403. The molecule has 0 aliphatic rings. The van der Waals surface area contributed by atoms with Crippen LogP contribution >= 0.6 is 0 Å². The van der Waals surface area contributed by atoms with Gasteiger partial charge in [0.2, 0.25) is 0 Å². The molecule has 0 aromatic heterocycles. The van der Waals surface area contributed by atoms with Crippen molar-refractivity contribution >= 4 is 5.97 Å². The van der Waals surface area contributed by atoms with Gasteiger partial charge in [-0.2, -0.15) is 0 Å². The number of carbonyl (C=O) groups excluding carboxylic acids is 1. The zero-order valence-electron chi connectivity index (χ0n) is 13.6. The molecule has 0 N–H and O–H groups in total. The largest absolute Gasteiger partial charge is 1.00 e. The standard InChI is InChI=1S/C13H30N2O2.2HI/c1-13(2,11-15(6,7)8)17-12(16)9-10-14(3,4)5;;/h9-11H2,1-8H3;2*1H/q+2;;/p-2. The lowest BCUT2D eigenvalue weighted by molar-refractivity contribution is -0.876. The minimum absolute atomic E-state index is 0. The zero-order valence-corrected chi connectivity index (χ0v) is 17.9. The number of carbonyl (C=O) groups is 1. The number of nitrogens with zero attached hydrogens (tertiary/aromatic N) is 2. The van der Waals surface area contributed by atoms with Gasteiger partial charge >= 0.3 is 5.97 Å². The van der Waals surface area contributed by atoms with Gasteiger partial charge in [-0.15, -0.1) is 0 Å². The Labute approximate surface area is 153 Å². The number of halogens is 2. The van der Waals surface area contributed by atoms with Crippen molar-refractivity contribution in [2.24, 2.45) is 0 Å². The van der Waals surface area contributed by atoms with Crippen molar-refractivity contribution in [3.05, 3.63) is 0 Å². The van der Waals surface area contributed by atoms with Gasteiger partial charge < -0.3 is 61.7 Å². The van der Waals surface area contributed by atoms with Crippen LogP contribution in [0.5, 0.6) is 0 Å². The van der Waals surface area contributed by atoms with E-state index < -0.39 is 5.60 Å². The van der Waals surface area contributed by atoms with Gasteiger partial charge in [-0.25, -0.2) is 0 Å². The predicted octanol–water partition coefficient (Wildman–Crippen LogP) is -4.88. The Balaban J connectivity index is -0.00000128. The number of hydrogen-bond donors (Lipinski definition) is 0. The summed E-state index contributed by atoms with van der Waals surface area (Å²) in [7, 11) is 12.5. The third-order valence-electron chi connectivity index (χ3n) is 2.23. The highest BCUT2D eigenvalue weighted by molar-refractivity contribution is 5.69. The lowest BCUT2D eigenvalue weighted by atomic mass is 10.1. The molecule has 0 aromatic carbocycles. The van der Waals surface area contributed by atoms with E-state index in [1.165, 1.54) is 0 Å². The molecule has 4 nitrogen and oxygen atoms in total. The third kappa shape index (κ3) is 16.8. The number of hydrogen-bond acceptors (Lipinski definition) is 2. The lowest BCUT2D eigenvalue weighted by Crippen LogP contribution is -3.00. The van der Waals surface area contributed by atoms with Crippen LogP contribution in [0.4, 0.5) is 0 Å². The average molecular weight is 500 g/mol. The van der Waals surface area contributed by atoms with E-state index in [2.05, 4.69) is 42.3 Å². The maximum atomic E-state index is 11.8. The molecule has 0 spiro atoms. The first kappa shape index (κ1) is 24.8. The van der Waals surface area contributed by atoms with Gasteiger partial charge in [0.15, 0.2) is 5.60 Å². The topological polar surface area (TPSA) is 26.3 Å². The molecule has 0 saturated heterocycles. The Morgan fingerprint density at radius 1 is 0.947 bits per heavy atom. The lowest BCUT2D eigenvalue weighted by Gasteiger charge is -2.34. The first-order chi connectivity index (χ1) is 7.31. The smallest absolute Gasteiger partial charge is 0.312 e. The molecule has 0 saturated carbocycles. The Morgan fingerprint density at radius 2 is 1.37 bits per heavy atom. The van der Waals surface area contributed by atoms with E-state index in [0.717, 1.165) is 22.1 Å². The maximum absolute atomic E-state index is 11.8. The van der Waals surface area contributed by atoms with Crippen LogP contribution in [0.3, 0.4) is 0 Å². The van der Waals surface area contributed by atoms with E-state index in [-0.39, 0.29) is 53.9 Å². The Kier molecular flexibility index (Phi) is 11.8. The number of likely N-dealkylation sites (N-methyl/N-ethyl adjacent to an activating group) is 1. The van der Waals surface area contributed by atoms with Crippen LogP contribution in [-0.2, 0) is 9.53 Å². The van der Waals surface area contributed by atoms with Gasteiger partial charge in [0.25, 0.3) is 0 Å². The molecule has 0 bridgehead atoms. The van der Waals surface area contributed by atoms with Crippen molar-refractivity contribution in [1.82, 2.24) is 0 Å². The van der Waals surface area contributed by atoms with Crippen LogP contribution in [0.1, 0.15) is 20.3 Å². The fourth-order valence-electron chi connectivity index (χ4n) is 1.96. The second kappa shape index (κ2) is 8.99. The van der Waals surface area contributed by atoms with E-state index in [4.69, 9.17) is 4.74 Å². The predicted molar refractivity (Wildman–Crippen MR) is 70.6 cm³/mol. The normalized spacial score (nSPS) is 12.2. The summed E-state index contributed by atoms with van der Waals surface area (Å²) in [5, 5.41) is 0.